The number of nitrogens with zero attached hydrogens (tertiary/aromatic N) is 4. The number of carbonyl (C=O) groups excluding carboxylic acids is 1. The van der Waals surface area contributed by atoms with Gasteiger partial charge in [0, 0.05) is 38.3 Å². The Morgan fingerprint density at radius 3 is 2.57 bits per heavy atom. The highest BCUT2D eigenvalue weighted by atomic mass is 32.2. The molecule has 0 spiro atoms. The van der Waals surface area contributed by atoms with Crippen molar-refractivity contribution in [2.24, 2.45) is 0 Å². The van der Waals surface area contributed by atoms with E-state index in [-0.39, 0.29) is 35.6 Å². The Bertz CT molecular complexity index is 903. The number of piperazine rings is 1. The predicted molar refractivity (Wildman–Crippen MR) is 105 cm³/mol. The molecule has 0 saturated carbocycles. The normalized spacial score (nSPS) is 25.3. The summed E-state index contributed by atoms with van der Waals surface area (Å²) in [5.41, 5.74) is 1.78. The first-order chi connectivity index (χ1) is 13.4. The van der Waals surface area contributed by atoms with Gasteiger partial charge in [-0.05, 0) is 37.7 Å². The number of sulfone groups is 1. The summed E-state index contributed by atoms with van der Waals surface area (Å²) in [7, 11) is -2.90. The van der Waals surface area contributed by atoms with Crippen LogP contribution in [0.4, 0.5) is 0 Å². The van der Waals surface area contributed by atoms with Crippen LogP contribution in [0.2, 0.25) is 0 Å². The second-order valence-electron chi connectivity index (χ2n) is 8.15. The molecule has 1 unspecified atom stereocenters. The predicted octanol–water partition coefficient (Wildman–Crippen LogP) is -0.156. The molecule has 1 aromatic rings. The Balaban J connectivity index is 1.36. The molecule has 8 nitrogen and oxygen atoms in total. The first kappa shape index (κ1) is 19.6. The van der Waals surface area contributed by atoms with E-state index in [1.165, 1.54) is 4.68 Å². The van der Waals surface area contributed by atoms with Crippen molar-refractivity contribution in [3.8, 4) is 0 Å². The van der Waals surface area contributed by atoms with Crippen molar-refractivity contribution in [3.05, 3.63) is 27.7 Å². The van der Waals surface area contributed by atoms with Gasteiger partial charge >= 0.3 is 0 Å². The van der Waals surface area contributed by atoms with E-state index in [1.807, 2.05) is 0 Å². The number of aromatic nitrogens is 2. The Morgan fingerprint density at radius 1 is 1.11 bits per heavy atom. The van der Waals surface area contributed by atoms with Crippen molar-refractivity contribution >= 4 is 15.7 Å². The van der Waals surface area contributed by atoms with Crippen molar-refractivity contribution < 1.29 is 13.2 Å². The topological polar surface area (TPSA) is 92.6 Å². The van der Waals surface area contributed by atoms with Crippen molar-refractivity contribution in [1.82, 2.24) is 19.6 Å². The summed E-state index contributed by atoms with van der Waals surface area (Å²) in [5, 5.41) is 4.48. The van der Waals surface area contributed by atoms with Crippen LogP contribution in [0.1, 0.15) is 36.9 Å². The minimum Gasteiger partial charge on any atom is -0.339 e. The Kier molecular flexibility index (Phi) is 5.55. The van der Waals surface area contributed by atoms with Gasteiger partial charge in [0.05, 0.1) is 17.2 Å². The monoisotopic (exact) mass is 408 g/mol. The first-order valence-electron chi connectivity index (χ1n) is 10.2. The van der Waals surface area contributed by atoms with Crippen LogP contribution in [-0.4, -0.2) is 77.6 Å². The highest BCUT2D eigenvalue weighted by Crippen LogP contribution is 2.20. The summed E-state index contributed by atoms with van der Waals surface area (Å²) < 4.78 is 24.7. The van der Waals surface area contributed by atoms with E-state index in [2.05, 4.69) is 10.00 Å². The molecule has 0 aromatic carbocycles. The number of fused-ring (bicyclic) bond motifs is 1. The molecule has 1 atom stereocenters. The molecule has 0 bridgehead atoms. The van der Waals surface area contributed by atoms with Crippen molar-refractivity contribution in [1.29, 1.82) is 0 Å². The van der Waals surface area contributed by atoms with Crippen LogP contribution < -0.4 is 5.56 Å². The molecule has 3 heterocycles. The second kappa shape index (κ2) is 7.94. The highest BCUT2D eigenvalue weighted by molar-refractivity contribution is 7.91. The molecule has 1 aliphatic carbocycles. The SMILES string of the molecule is O=C(Cn1nc2c(cc1=O)CCCCC2)N1CCN(C2CCS(=O)(=O)C2)CC1. The highest BCUT2D eigenvalue weighted by Gasteiger charge is 2.34. The van der Waals surface area contributed by atoms with Gasteiger partial charge in [-0.3, -0.25) is 14.5 Å². The molecular formula is C19H28N4O4S. The lowest BCUT2D eigenvalue weighted by Gasteiger charge is -2.37. The summed E-state index contributed by atoms with van der Waals surface area (Å²) in [6.07, 6.45) is 5.76. The lowest BCUT2D eigenvalue weighted by Crippen LogP contribution is -2.53. The number of aryl methyl sites for hydroxylation is 2. The number of amides is 1. The maximum atomic E-state index is 12.7. The average molecular weight is 409 g/mol. The van der Waals surface area contributed by atoms with Crippen LogP contribution in [0, 0.1) is 0 Å². The summed E-state index contributed by atoms with van der Waals surface area (Å²) in [6, 6.07) is 1.73. The van der Waals surface area contributed by atoms with Crippen LogP contribution in [0.5, 0.6) is 0 Å². The smallest absolute Gasteiger partial charge is 0.267 e. The van der Waals surface area contributed by atoms with Crippen molar-refractivity contribution in [2.75, 3.05) is 37.7 Å². The summed E-state index contributed by atoms with van der Waals surface area (Å²) in [6.45, 7) is 2.46. The van der Waals surface area contributed by atoms with Crippen LogP contribution in [0.15, 0.2) is 10.9 Å². The zero-order valence-electron chi connectivity index (χ0n) is 16.2. The standard InChI is InChI=1S/C19H28N4O4S/c24-18-12-15-4-2-1-3-5-17(15)20-23(18)13-19(25)22-9-7-21(8-10-22)16-6-11-28(26,27)14-16/h12,16H,1-11,13-14H2. The van der Waals surface area contributed by atoms with E-state index >= 15 is 0 Å². The molecule has 4 rings (SSSR count). The number of hydrogen-bond acceptors (Lipinski definition) is 6. The largest absolute Gasteiger partial charge is 0.339 e. The maximum absolute atomic E-state index is 12.7. The maximum Gasteiger partial charge on any atom is 0.267 e. The zero-order chi connectivity index (χ0) is 19.7. The van der Waals surface area contributed by atoms with Gasteiger partial charge in [-0.15, -0.1) is 0 Å². The fraction of sp³-hybridized carbons (Fsp3) is 0.737. The molecule has 1 amide bonds. The Labute approximate surface area is 165 Å². The van der Waals surface area contributed by atoms with E-state index in [9.17, 15) is 18.0 Å². The molecule has 1 aromatic heterocycles. The molecule has 2 aliphatic heterocycles. The summed E-state index contributed by atoms with van der Waals surface area (Å²) >= 11 is 0. The fourth-order valence-electron chi connectivity index (χ4n) is 4.52. The van der Waals surface area contributed by atoms with Gasteiger partial charge in [-0.1, -0.05) is 6.42 Å². The Hall–Kier alpha value is -1.74. The summed E-state index contributed by atoms with van der Waals surface area (Å²) in [5.74, 6) is 0.404. The van der Waals surface area contributed by atoms with Crippen molar-refractivity contribution in [2.45, 2.75) is 51.1 Å². The van der Waals surface area contributed by atoms with Gasteiger partial charge in [0.1, 0.15) is 6.54 Å². The average Bonchev–Trinajstić information content (AvgIpc) is 2.89. The number of rotatable bonds is 3. The van der Waals surface area contributed by atoms with Gasteiger partial charge in [-0.25, -0.2) is 13.1 Å². The van der Waals surface area contributed by atoms with Crippen LogP contribution in [0.25, 0.3) is 0 Å². The lowest BCUT2D eigenvalue weighted by molar-refractivity contribution is -0.134. The van der Waals surface area contributed by atoms with E-state index in [1.54, 1.807) is 11.0 Å². The molecule has 2 saturated heterocycles. The summed E-state index contributed by atoms with van der Waals surface area (Å²) in [4.78, 5) is 29.0. The van der Waals surface area contributed by atoms with Crippen LogP contribution in [-0.2, 0) is 34.0 Å². The molecule has 2 fully saturated rings. The third-order valence-electron chi connectivity index (χ3n) is 6.20. The Morgan fingerprint density at radius 2 is 1.86 bits per heavy atom. The van der Waals surface area contributed by atoms with Gasteiger partial charge in [0.15, 0.2) is 9.84 Å². The first-order valence-corrected chi connectivity index (χ1v) is 12.1. The van der Waals surface area contributed by atoms with E-state index in [0.717, 1.165) is 43.4 Å². The van der Waals surface area contributed by atoms with E-state index in [0.29, 0.717) is 32.6 Å². The van der Waals surface area contributed by atoms with E-state index < -0.39 is 9.84 Å². The van der Waals surface area contributed by atoms with E-state index in [4.69, 9.17) is 0 Å². The second-order valence-corrected chi connectivity index (χ2v) is 10.4. The molecule has 28 heavy (non-hydrogen) atoms. The number of carbonyl (C=O) groups is 1. The van der Waals surface area contributed by atoms with Crippen LogP contribution >= 0.6 is 0 Å². The molecule has 154 valence electrons. The van der Waals surface area contributed by atoms with Gasteiger partial charge < -0.3 is 4.90 Å². The zero-order valence-corrected chi connectivity index (χ0v) is 17.0. The molecule has 0 N–H and O–H groups in total. The fourth-order valence-corrected chi connectivity index (χ4v) is 6.28. The minimum absolute atomic E-state index is 0.0239. The van der Waals surface area contributed by atoms with Crippen LogP contribution in [0.3, 0.4) is 0 Å². The molecule has 9 heteroatoms. The van der Waals surface area contributed by atoms with Gasteiger partial charge in [0.2, 0.25) is 5.91 Å². The quantitative estimate of drug-likeness (QED) is 0.646. The van der Waals surface area contributed by atoms with Gasteiger partial charge in [0.25, 0.3) is 5.56 Å². The minimum atomic E-state index is -2.90. The molecule has 0 radical (unpaired) electrons. The van der Waals surface area contributed by atoms with Crippen molar-refractivity contribution in [3.63, 3.8) is 0 Å². The van der Waals surface area contributed by atoms with Gasteiger partial charge in [-0.2, -0.15) is 5.10 Å². The molecule has 3 aliphatic rings. The molecular weight excluding hydrogens is 380 g/mol. The third kappa shape index (κ3) is 4.30. The lowest BCUT2D eigenvalue weighted by atomic mass is 10.1. The number of hydrogen-bond donors (Lipinski definition) is 0. The third-order valence-corrected chi connectivity index (χ3v) is 7.95.